The van der Waals surface area contributed by atoms with Crippen molar-refractivity contribution in [1.82, 2.24) is 14.9 Å². The summed E-state index contributed by atoms with van der Waals surface area (Å²) in [6.45, 7) is 10.1. The molecule has 0 spiro atoms. The minimum Gasteiger partial charge on any atom is -0.378 e. The Morgan fingerprint density at radius 2 is 1.85 bits per heavy atom. The van der Waals surface area contributed by atoms with E-state index in [0.29, 0.717) is 49.9 Å². The van der Waals surface area contributed by atoms with Crippen LogP contribution in [0.2, 0.25) is 0 Å². The van der Waals surface area contributed by atoms with Gasteiger partial charge in [-0.2, -0.15) is 0 Å². The smallest absolute Gasteiger partial charge is 0.255 e. The standard InChI is InChI=1S/C25H35N5O3/c1-18-9-11-29(12-10-18)17-20-3-5-21(6-4-20)27-23(31)8-7-22-19(2)26-25(28-24(22)32)30-13-15-33-16-14-30/h3-6,18H,7-17H2,1-2H3,(H,27,31)(H,26,28,32). The van der Waals surface area contributed by atoms with Crippen molar-refractivity contribution in [1.29, 1.82) is 0 Å². The number of likely N-dealkylation sites (tertiary alicyclic amines) is 1. The molecule has 2 fully saturated rings. The summed E-state index contributed by atoms with van der Waals surface area (Å²) in [7, 11) is 0. The topological polar surface area (TPSA) is 90.6 Å². The van der Waals surface area contributed by atoms with Crippen molar-refractivity contribution in [3.63, 3.8) is 0 Å². The largest absolute Gasteiger partial charge is 0.378 e. The van der Waals surface area contributed by atoms with E-state index < -0.39 is 0 Å². The number of ether oxygens (including phenoxy) is 1. The lowest BCUT2D eigenvalue weighted by atomic mass is 9.99. The summed E-state index contributed by atoms with van der Waals surface area (Å²) < 4.78 is 5.36. The lowest BCUT2D eigenvalue weighted by molar-refractivity contribution is -0.116. The average Bonchev–Trinajstić information content (AvgIpc) is 2.82. The number of hydrogen-bond donors (Lipinski definition) is 2. The zero-order chi connectivity index (χ0) is 23.2. The fourth-order valence-corrected chi connectivity index (χ4v) is 4.45. The van der Waals surface area contributed by atoms with Gasteiger partial charge in [-0.1, -0.05) is 19.1 Å². The van der Waals surface area contributed by atoms with Crippen molar-refractivity contribution in [2.45, 2.75) is 46.1 Å². The van der Waals surface area contributed by atoms with Gasteiger partial charge in [0.2, 0.25) is 11.9 Å². The molecule has 0 saturated carbocycles. The van der Waals surface area contributed by atoms with Crippen LogP contribution < -0.4 is 15.8 Å². The van der Waals surface area contributed by atoms with Gasteiger partial charge < -0.3 is 15.0 Å². The van der Waals surface area contributed by atoms with E-state index in [9.17, 15) is 9.59 Å². The Hall–Kier alpha value is -2.71. The quantitative estimate of drug-likeness (QED) is 0.670. The predicted molar refractivity (Wildman–Crippen MR) is 130 cm³/mol. The molecule has 2 aromatic rings. The number of benzene rings is 1. The van der Waals surface area contributed by atoms with E-state index in [1.807, 2.05) is 24.0 Å². The maximum absolute atomic E-state index is 12.6. The molecule has 178 valence electrons. The molecule has 2 N–H and O–H groups in total. The van der Waals surface area contributed by atoms with Gasteiger partial charge in [0.05, 0.1) is 13.2 Å². The Morgan fingerprint density at radius 3 is 2.52 bits per heavy atom. The van der Waals surface area contributed by atoms with Crippen molar-refractivity contribution >= 4 is 17.5 Å². The van der Waals surface area contributed by atoms with Gasteiger partial charge in [0.25, 0.3) is 5.56 Å². The van der Waals surface area contributed by atoms with Gasteiger partial charge in [-0.15, -0.1) is 0 Å². The van der Waals surface area contributed by atoms with Gasteiger partial charge in [0.15, 0.2) is 0 Å². The van der Waals surface area contributed by atoms with Crippen LogP contribution in [-0.4, -0.2) is 60.2 Å². The molecule has 2 saturated heterocycles. The molecule has 0 radical (unpaired) electrons. The number of rotatable bonds is 7. The van der Waals surface area contributed by atoms with Crippen LogP contribution in [0.4, 0.5) is 11.6 Å². The Labute approximate surface area is 195 Å². The van der Waals surface area contributed by atoms with Crippen LogP contribution in [0.3, 0.4) is 0 Å². The first-order chi connectivity index (χ1) is 16.0. The zero-order valence-electron chi connectivity index (χ0n) is 19.7. The second-order valence-electron chi connectivity index (χ2n) is 9.26. The van der Waals surface area contributed by atoms with Gasteiger partial charge in [0.1, 0.15) is 0 Å². The molecule has 2 aliphatic rings. The van der Waals surface area contributed by atoms with Crippen molar-refractivity contribution in [3.05, 3.63) is 51.4 Å². The number of anilines is 2. The minimum atomic E-state index is -0.173. The SMILES string of the molecule is Cc1nc(N2CCOCC2)[nH]c(=O)c1CCC(=O)Nc1ccc(CN2CCC(C)CC2)cc1. The minimum absolute atomic E-state index is 0.108. The molecule has 0 atom stereocenters. The highest BCUT2D eigenvalue weighted by atomic mass is 16.5. The first-order valence-electron chi connectivity index (χ1n) is 12.0. The Balaban J connectivity index is 1.28. The zero-order valence-corrected chi connectivity index (χ0v) is 19.7. The first kappa shape index (κ1) is 23.4. The van der Waals surface area contributed by atoms with Crippen LogP contribution >= 0.6 is 0 Å². The Kier molecular flexibility index (Phi) is 7.77. The van der Waals surface area contributed by atoms with Gasteiger partial charge in [-0.25, -0.2) is 4.98 Å². The van der Waals surface area contributed by atoms with Crippen molar-refractivity contribution in [2.75, 3.05) is 49.6 Å². The second kappa shape index (κ2) is 10.9. The van der Waals surface area contributed by atoms with Gasteiger partial charge in [-0.05, 0) is 62.9 Å². The van der Waals surface area contributed by atoms with Gasteiger partial charge in [0, 0.05) is 43.0 Å². The van der Waals surface area contributed by atoms with Crippen LogP contribution in [0.15, 0.2) is 29.1 Å². The molecule has 4 rings (SSSR count). The number of amides is 1. The van der Waals surface area contributed by atoms with E-state index in [1.54, 1.807) is 0 Å². The fourth-order valence-electron chi connectivity index (χ4n) is 4.45. The number of aromatic nitrogens is 2. The van der Waals surface area contributed by atoms with Crippen LogP contribution in [-0.2, 0) is 22.5 Å². The summed E-state index contributed by atoms with van der Waals surface area (Å²) in [5, 5.41) is 2.94. The summed E-state index contributed by atoms with van der Waals surface area (Å²) in [5.41, 5.74) is 3.10. The molecule has 0 unspecified atom stereocenters. The van der Waals surface area contributed by atoms with E-state index >= 15 is 0 Å². The number of aromatic amines is 1. The summed E-state index contributed by atoms with van der Waals surface area (Å²) in [6, 6.07) is 8.07. The first-order valence-corrected chi connectivity index (χ1v) is 12.0. The highest BCUT2D eigenvalue weighted by Gasteiger charge is 2.17. The third-order valence-corrected chi connectivity index (χ3v) is 6.64. The number of hydrogen-bond acceptors (Lipinski definition) is 6. The third-order valence-electron chi connectivity index (χ3n) is 6.64. The van der Waals surface area contributed by atoms with Crippen molar-refractivity contribution in [3.8, 4) is 0 Å². The molecule has 3 heterocycles. The van der Waals surface area contributed by atoms with E-state index in [4.69, 9.17) is 4.74 Å². The predicted octanol–water partition coefficient (Wildman–Crippen LogP) is 2.72. The summed E-state index contributed by atoms with van der Waals surface area (Å²) in [6.07, 6.45) is 3.12. The van der Waals surface area contributed by atoms with E-state index in [2.05, 4.69) is 39.2 Å². The molecule has 1 aromatic carbocycles. The van der Waals surface area contributed by atoms with Crippen LogP contribution in [0, 0.1) is 12.8 Å². The van der Waals surface area contributed by atoms with Gasteiger partial charge in [-0.3, -0.25) is 19.5 Å². The van der Waals surface area contributed by atoms with E-state index in [-0.39, 0.29) is 17.9 Å². The number of aryl methyl sites for hydroxylation is 1. The number of H-pyrrole nitrogens is 1. The molecule has 1 amide bonds. The highest BCUT2D eigenvalue weighted by molar-refractivity contribution is 5.90. The molecule has 0 bridgehead atoms. The number of piperidine rings is 1. The number of nitrogens with one attached hydrogen (secondary N) is 2. The normalized spacial score (nSPS) is 17.8. The number of carbonyl (C=O) groups excluding carboxylic acids is 1. The lowest BCUT2D eigenvalue weighted by Gasteiger charge is -2.30. The van der Waals surface area contributed by atoms with Crippen molar-refractivity contribution < 1.29 is 9.53 Å². The number of morpholine rings is 1. The van der Waals surface area contributed by atoms with E-state index in [1.165, 1.54) is 18.4 Å². The molecule has 0 aliphatic carbocycles. The molecule has 8 nitrogen and oxygen atoms in total. The fraction of sp³-hybridized carbons (Fsp3) is 0.560. The van der Waals surface area contributed by atoms with Crippen LogP contribution in [0.25, 0.3) is 0 Å². The highest BCUT2D eigenvalue weighted by Crippen LogP contribution is 2.19. The number of nitrogens with zero attached hydrogens (tertiary/aromatic N) is 3. The summed E-state index contributed by atoms with van der Waals surface area (Å²) in [5.74, 6) is 1.30. The molecule has 1 aromatic heterocycles. The summed E-state index contributed by atoms with van der Waals surface area (Å²) >= 11 is 0. The van der Waals surface area contributed by atoms with E-state index in [0.717, 1.165) is 31.2 Å². The molecule has 33 heavy (non-hydrogen) atoms. The molecule has 8 heteroatoms. The van der Waals surface area contributed by atoms with Crippen LogP contribution in [0.1, 0.15) is 43.0 Å². The monoisotopic (exact) mass is 453 g/mol. The molecular weight excluding hydrogens is 418 g/mol. The average molecular weight is 454 g/mol. The maximum Gasteiger partial charge on any atom is 0.255 e. The van der Waals surface area contributed by atoms with Crippen LogP contribution in [0.5, 0.6) is 0 Å². The maximum atomic E-state index is 12.6. The second-order valence-corrected chi connectivity index (χ2v) is 9.26. The molecular formula is C25H35N5O3. The third kappa shape index (κ3) is 6.42. The summed E-state index contributed by atoms with van der Waals surface area (Å²) in [4.78, 5) is 37.0. The van der Waals surface area contributed by atoms with Gasteiger partial charge >= 0.3 is 0 Å². The lowest BCUT2D eigenvalue weighted by Crippen LogP contribution is -2.38. The Bertz CT molecular complexity index is 990. The number of carbonyl (C=O) groups is 1. The van der Waals surface area contributed by atoms with Crippen molar-refractivity contribution in [2.24, 2.45) is 5.92 Å². The molecule has 2 aliphatic heterocycles. The Morgan fingerprint density at radius 1 is 1.15 bits per heavy atom.